The molecule has 1 aliphatic heterocycles. The predicted octanol–water partition coefficient (Wildman–Crippen LogP) is 1.61. The van der Waals surface area contributed by atoms with E-state index in [-0.39, 0.29) is 17.9 Å². The van der Waals surface area contributed by atoms with E-state index in [9.17, 15) is 9.59 Å². The van der Waals surface area contributed by atoms with Crippen molar-refractivity contribution in [3.63, 3.8) is 0 Å². The van der Waals surface area contributed by atoms with Crippen molar-refractivity contribution in [1.82, 2.24) is 0 Å². The van der Waals surface area contributed by atoms with Crippen LogP contribution in [0.25, 0.3) is 0 Å². The predicted molar refractivity (Wildman–Crippen MR) is 63.9 cm³/mol. The van der Waals surface area contributed by atoms with Crippen LogP contribution in [0.2, 0.25) is 0 Å². The van der Waals surface area contributed by atoms with Gasteiger partial charge in [-0.2, -0.15) is 0 Å². The summed E-state index contributed by atoms with van der Waals surface area (Å²) in [7, 11) is 0. The Bertz CT molecular complexity index is 493. The molecule has 0 saturated heterocycles. The van der Waals surface area contributed by atoms with Crippen molar-refractivity contribution in [2.45, 2.75) is 12.8 Å². The molecule has 4 nitrogen and oxygen atoms in total. The van der Waals surface area contributed by atoms with Gasteiger partial charge in [-0.05, 0) is 18.1 Å². The SMILES string of the molecule is C=C(CC(=O)N1CCc2ccccc21)C(=O)O. The number of carbonyl (C=O) groups is 2. The van der Waals surface area contributed by atoms with Crippen molar-refractivity contribution in [3.8, 4) is 0 Å². The van der Waals surface area contributed by atoms with Gasteiger partial charge in [-0.1, -0.05) is 24.8 Å². The minimum atomic E-state index is -1.12. The molecule has 0 aromatic heterocycles. The van der Waals surface area contributed by atoms with Gasteiger partial charge in [0.15, 0.2) is 0 Å². The molecule has 2 rings (SSSR count). The second-order valence-corrected chi connectivity index (χ2v) is 4.01. The fourth-order valence-electron chi connectivity index (χ4n) is 1.95. The molecule has 0 radical (unpaired) electrons. The maximum Gasteiger partial charge on any atom is 0.331 e. The number of fused-ring (bicyclic) bond motifs is 1. The van der Waals surface area contributed by atoms with Crippen LogP contribution in [0.1, 0.15) is 12.0 Å². The number of aliphatic carboxylic acids is 1. The van der Waals surface area contributed by atoms with Gasteiger partial charge < -0.3 is 10.0 Å². The monoisotopic (exact) mass is 231 g/mol. The van der Waals surface area contributed by atoms with E-state index in [1.807, 2.05) is 24.3 Å². The lowest BCUT2D eigenvalue weighted by atomic mass is 10.1. The first-order valence-corrected chi connectivity index (χ1v) is 5.39. The number of hydrogen-bond donors (Lipinski definition) is 1. The van der Waals surface area contributed by atoms with Crippen LogP contribution in [0, 0.1) is 0 Å². The summed E-state index contributed by atoms with van der Waals surface area (Å²) in [6.45, 7) is 3.99. The second kappa shape index (κ2) is 4.41. The molecular formula is C13H13NO3. The van der Waals surface area contributed by atoms with Crippen molar-refractivity contribution in [2.24, 2.45) is 0 Å². The van der Waals surface area contributed by atoms with Gasteiger partial charge in [0.05, 0.1) is 6.42 Å². The highest BCUT2D eigenvalue weighted by molar-refractivity contribution is 6.01. The molecule has 0 atom stereocenters. The van der Waals surface area contributed by atoms with Crippen molar-refractivity contribution < 1.29 is 14.7 Å². The highest BCUT2D eigenvalue weighted by Gasteiger charge is 2.25. The van der Waals surface area contributed by atoms with Crippen LogP contribution >= 0.6 is 0 Å². The molecule has 0 bridgehead atoms. The van der Waals surface area contributed by atoms with Crippen LogP contribution in [-0.4, -0.2) is 23.5 Å². The van der Waals surface area contributed by atoms with Crippen LogP contribution in [0.3, 0.4) is 0 Å². The molecule has 1 amide bonds. The van der Waals surface area contributed by atoms with E-state index in [0.717, 1.165) is 17.7 Å². The number of amides is 1. The Morgan fingerprint density at radius 1 is 1.35 bits per heavy atom. The number of para-hydroxylation sites is 1. The Morgan fingerprint density at radius 3 is 2.76 bits per heavy atom. The number of anilines is 1. The molecule has 1 aromatic carbocycles. The summed E-state index contributed by atoms with van der Waals surface area (Å²) in [5.41, 5.74) is 1.94. The van der Waals surface area contributed by atoms with Crippen LogP contribution in [-0.2, 0) is 16.0 Å². The molecule has 1 aromatic rings. The quantitative estimate of drug-likeness (QED) is 0.804. The number of benzene rings is 1. The topological polar surface area (TPSA) is 57.6 Å². The zero-order chi connectivity index (χ0) is 12.4. The Hall–Kier alpha value is -2.10. The van der Waals surface area contributed by atoms with Gasteiger partial charge in [0.2, 0.25) is 5.91 Å². The minimum absolute atomic E-state index is 0.0700. The molecule has 88 valence electrons. The van der Waals surface area contributed by atoms with Crippen LogP contribution in [0.15, 0.2) is 36.4 Å². The summed E-state index contributed by atoms with van der Waals surface area (Å²) in [5, 5.41) is 8.70. The van der Waals surface area contributed by atoms with Gasteiger partial charge in [0.1, 0.15) is 0 Å². The number of nitrogens with zero attached hydrogens (tertiary/aromatic N) is 1. The first-order chi connectivity index (χ1) is 8.09. The smallest absolute Gasteiger partial charge is 0.331 e. The summed E-state index contributed by atoms with van der Waals surface area (Å²) < 4.78 is 0. The first kappa shape index (κ1) is 11.4. The van der Waals surface area contributed by atoms with Gasteiger partial charge in [0, 0.05) is 17.8 Å². The van der Waals surface area contributed by atoms with Crippen LogP contribution in [0.5, 0.6) is 0 Å². The lowest BCUT2D eigenvalue weighted by molar-refractivity contribution is -0.133. The summed E-state index contributed by atoms with van der Waals surface area (Å²) >= 11 is 0. The van der Waals surface area contributed by atoms with Gasteiger partial charge in [-0.25, -0.2) is 4.79 Å². The summed E-state index contributed by atoms with van der Waals surface area (Å²) in [6.07, 6.45) is 0.686. The molecule has 0 spiro atoms. The zero-order valence-corrected chi connectivity index (χ0v) is 9.35. The number of carbonyl (C=O) groups excluding carboxylic acids is 1. The average Bonchev–Trinajstić information content (AvgIpc) is 2.72. The Kier molecular flexibility index (Phi) is 2.95. The largest absolute Gasteiger partial charge is 0.478 e. The maximum absolute atomic E-state index is 11.9. The summed E-state index contributed by atoms with van der Waals surface area (Å²) in [5.74, 6) is -1.33. The third-order valence-corrected chi connectivity index (χ3v) is 2.86. The number of rotatable bonds is 3. The van der Waals surface area contributed by atoms with E-state index < -0.39 is 5.97 Å². The van der Waals surface area contributed by atoms with Gasteiger partial charge >= 0.3 is 5.97 Å². The lowest BCUT2D eigenvalue weighted by Gasteiger charge is -2.17. The van der Waals surface area contributed by atoms with Gasteiger partial charge in [-0.3, -0.25) is 4.79 Å². The van der Waals surface area contributed by atoms with Crippen molar-refractivity contribution in [3.05, 3.63) is 42.0 Å². The highest BCUT2D eigenvalue weighted by Crippen LogP contribution is 2.28. The van der Waals surface area contributed by atoms with E-state index in [4.69, 9.17) is 5.11 Å². The molecule has 1 N–H and O–H groups in total. The molecule has 1 aliphatic rings. The van der Waals surface area contributed by atoms with E-state index in [0.29, 0.717) is 6.54 Å². The first-order valence-electron chi connectivity index (χ1n) is 5.39. The molecule has 0 aliphatic carbocycles. The molecular weight excluding hydrogens is 218 g/mol. The highest BCUT2D eigenvalue weighted by atomic mass is 16.4. The number of hydrogen-bond acceptors (Lipinski definition) is 2. The molecule has 0 unspecified atom stereocenters. The van der Waals surface area contributed by atoms with Crippen LogP contribution in [0.4, 0.5) is 5.69 Å². The Balaban J connectivity index is 2.13. The third kappa shape index (κ3) is 2.20. The van der Waals surface area contributed by atoms with E-state index in [2.05, 4.69) is 6.58 Å². The van der Waals surface area contributed by atoms with Gasteiger partial charge in [0.25, 0.3) is 0 Å². The van der Waals surface area contributed by atoms with Crippen molar-refractivity contribution >= 4 is 17.6 Å². The van der Waals surface area contributed by atoms with E-state index in [1.165, 1.54) is 0 Å². The minimum Gasteiger partial charge on any atom is -0.478 e. The second-order valence-electron chi connectivity index (χ2n) is 4.01. The van der Waals surface area contributed by atoms with Gasteiger partial charge in [-0.15, -0.1) is 0 Å². The fraction of sp³-hybridized carbons (Fsp3) is 0.231. The van der Waals surface area contributed by atoms with Crippen LogP contribution < -0.4 is 4.90 Å². The van der Waals surface area contributed by atoms with Crippen molar-refractivity contribution in [2.75, 3.05) is 11.4 Å². The van der Waals surface area contributed by atoms with E-state index in [1.54, 1.807) is 4.90 Å². The lowest BCUT2D eigenvalue weighted by Crippen LogP contribution is -2.29. The summed E-state index contributed by atoms with van der Waals surface area (Å²) in [4.78, 5) is 24.2. The maximum atomic E-state index is 11.9. The molecule has 0 fully saturated rings. The number of carboxylic acids is 1. The van der Waals surface area contributed by atoms with Crippen molar-refractivity contribution in [1.29, 1.82) is 0 Å². The van der Waals surface area contributed by atoms with E-state index >= 15 is 0 Å². The molecule has 17 heavy (non-hydrogen) atoms. The fourth-order valence-corrected chi connectivity index (χ4v) is 1.95. The Morgan fingerprint density at radius 2 is 2.06 bits per heavy atom. The number of carboxylic acid groups (broad SMARTS) is 1. The zero-order valence-electron chi connectivity index (χ0n) is 9.35. The third-order valence-electron chi connectivity index (χ3n) is 2.86. The summed E-state index contributed by atoms with van der Waals surface area (Å²) in [6, 6.07) is 7.66. The Labute approximate surface area is 99.2 Å². The molecule has 4 heteroatoms. The normalized spacial score (nSPS) is 13.3. The standard InChI is InChI=1S/C13H13NO3/c1-9(13(16)17)8-12(15)14-7-6-10-4-2-3-5-11(10)14/h2-5H,1,6-8H2,(H,16,17). The molecule has 0 saturated carbocycles. The average molecular weight is 231 g/mol. The molecule has 1 heterocycles.